The molecular formula is C24H28NO4+. The zero-order chi connectivity index (χ0) is 20.5. The fourth-order valence-corrected chi connectivity index (χ4v) is 4.53. The Balaban J connectivity index is 1.81. The fourth-order valence-electron chi connectivity index (χ4n) is 4.53. The van der Waals surface area contributed by atoms with Crippen molar-refractivity contribution in [2.24, 2.45) is 5.92 Å². The van der Waals surface area contributed by atoms with Gasteiger partial charge >= 0.3 is 5.63 Å². The number of piperidine rings is 1. The van der Waals surface area contributed by atoms with Crippen molar-refractivity contribution in [3.05, 3.63) is 57.9 Å². The van der Waals surface area contributed by atoms with Crippen LogP contribution >= 0.6 is 0 Å². The SMILES string of the molecule is COc1ccc(-c2c(C)c3ccc(O)c(C[NH+]4CCC[C@H](C)C4)c3oc2=O)cc1. The standard InChI is InChI=1S/C24H27NO4/c1-15-5-4-12-25(13-15)14-20-21(26)11-10-19-16(2)22(24(27)29-23(19)20)17-6-8-18(28-3)9-7-17/h6-11,15,26H,4-5,12-14H2,1-3H3/p+1/t15-/m0/s1. The summed E-state index contributed by atoms with van der Waals surface area (Å²) in [5.74, 6) is 1.61. The van der Waals surface area contributed by atoms with Crippen molar-refractivity contribution in [1.29, 1.82) is 0 Å². The number of fused-ring (bicyclic) bond motifs is 1. The lowest BCUT2D eigenvalue weighted by Crippen LogP contribution is -3.12. The quantitative estimate of drug-likeness (QED) is 0.667. The monoisotopic (exact) mass is 394 g/mol. The zero-order valence-electron chi connectivity index (χ0n) is 17.2. The molecule has 2 N–H and O–H groups in total. The third-order valence-corrected chi connectivity index (χ3v) is 6.08. The van der Waals surface area contributed by atoms with Gasteiger partial charge in [0.15, 0.2) is 5.58 Å². The summed E-state index contributed by atoms with van der Waals surface area (Å²) in [7, 11) is 1.61. The van der Waals surface area contributed by atoms with Crippen LogP contribution in [0.5, 0.6) is 11.5 Å². The van der Waals surface area contributed by atoms with Gasteiger partial charge in [-0.25, -0.2) is 4.79 Å². The highest BCUT2D eigenvalue weighted by Gasteiger charge is 2.24. The first kappa shape index (κ1) is 19.5. The van der Waals surface area contributed by atoms with Crippen LogP contribution in [-0.4, -0.2) is 25.3 Å². The van der Waals surface area contributed by atoms with Crippen molar-refractivity contribution >= 4 is 11.0 Å². The van der Waals surface area contributed by atoms with E-state index in [-0.39, 0.29) is 11.4 Å². The van der Waals surface area contributed by atoms with Crippen LogP contribution in [0, 0.1) is 12.8 Å². The van der Waals surface area contributed by atoms with Gasteiger partial charge in [-0.2, -0.15) is 0 Å². The van der Waals surface area contributed by atoms with Crippen LogP contribution in [0.2, 0.25) is 0 Å². The number of hydrogen-bond donors (Lipinski definition) is 2. The smallest absolute Gasteiger partial charge is 0.344 e. The predicted octanol–water partition coefficient (Wildman–Crippen LogP) is 3.30. The second-order valence-corrected chi connectivity index (χ2v) is 8.19. The molecule has 1 aliphatic heterocycles. The summed E-state index contributed by atoms with van der Waals surface area (Å²) in [4.78, 5) is 14.4. The number of quaternary nitrogens is 1. The molecule has 0 amide bonds. The number of rotatable bonds is 4. The molecule has 2 atom stereocenters. The number of nitrogens with one attached hydrogen (secondary N) is 1. The normalized spacial score (nSPS) is 19.4. The Morgan fingerprint density at radius 1 is 1.21 bits per heavy atom. The van der Waals surface area contributed by atoms with Gasteiger partial charge in [0.1, 0.15) is 18.0 Å². The van der Waals surface area contributed by atoms with E-state index >= 15 is 0 Å². The van der Waals surface area contributed by atoms with E-state index in [1.807, 2.05) is 37.3 Å². The highest BCUT2D eigenvalue weighted by atomic mass is 16.5. The Morgan fingerprint density at radius 3 is 2.66 bits per heavy atom. The van der Waals surface area contributed by atoms with Gasteiger partial charge in [0.25, 0.3) is 0 Å². The van der Waals surface area contributed by atoms with Gasteiger partial charge in [0.2, 0.25) is 0 Å². The van der Waals surface area contributed by atoms with Crippen LogP contribution in [0.3, 0.4) is 0 Å². The van der Waals surface area contributed by atoms with Crippen LogP contribution in [0.1, 0.15) is 30.9 Å². The fraction of sp³-hybridized carbons (Fsp3) is 0.375. The van der Waals surface area contributed by atoms with E-state index in [1.54, 1.807) is 13.2 Å². The Labute approximate surface area is 170 Å². The zero-order valence-corrected chi connectivity index (χ0v) is 17.2. The van der Waals surface area contributed by atoms with Crippen molar-refractivity contribution in [3.63, 3.8) is 0 Å². The molecule has 29 heavy (non-hydrogen) atoms. The minimum absolute atomic E-state index is 0.197. The number of aryl methyl sites for hydroxylation is 1. The minimum Gasteiger partial charge on any atom is -0.507 e. The lowest BCUT2D eigenvalue weighted by atomic mass is 9.96. The first-order valence-corrected chi connectivity index (χ1v) is 10.2. The molecule has 0 saturated carbocycles. The lowest BCUT2D eigenvalue weighted by molar-refractivity contribution is -0.922. The molecule has 5 heteroatoms. The van der Waals surface area contributed by atoms with Gasteiger partial charge in [-0.05, 0) is 55.2 Å². The first-order valence-electron chi connectivity index (χ1n) is 10.2. The van der Waals surface area contributed by atoms with E-state index in [0.717, 1.165) is 40.9 Å². The second kappa shape index (κ2) is 7.91. The Hall–Kier alpha value is -2.79. The molecule has 3 aromatic rings. The molecule has 1 fully saturated rings. The molecule has 0 bridgehead atoms. The van der Waals surface area contributed by atoms with E-state index in [4.69, 9.17) is 9.15 Å². The van der Waals surface area contributed by atoms with E-state index in [2.05, 4.69) is 6.92 Å². The number of phenols is 1. The number of benzene rings is 2. The number of aromatic hydroxyl groups is 1. The molecule has 1 aromatic heterocycles. The summed E-state index contributed by atoms with van der Waals surface area (Å²) < 4.78 is 11.0. The summed E-state index contributed by atoms with van der Waals surface area (Å²) in [6.45, 7) is 7.02. The molecule has 1 saturated heterocycles. The summed E-state index contributed by atoms with van der Waals surface area (Å²) in [6.07, 6.45) is 2.44. The van der Waals surface area contributed by atoms with Gasteiger partial charge in [-0.3, -0.25) is 0 Å². The predicted molar refractivity (Wildman–Crippen MR) is 114 cm³/mol. The van der Waals surface area contributed by atoms with Crippen molar-refractivity contribution in [2.75, 3.05) is 20.2 Å². The van der Waals surface area contributed by atoms with Gasteiger partial charge in [-0.1, -0.05) is 19.1 Å². The van der Waals surface area contributed by atoms with Gasteiger partial charge in [0.05, 0.1) is 31.3 Å². The van der Waals surface area contributed by atoms with Crippen LogP contribution < -0.4 is 15.3 Å². The third kappa shape index (κ3) is 3.75. The van der Waals surface area contributed by atoms with Crippen LogP contribution in [0.25, 0.3) is 22.1 Å². The Kier molecular flexibility index (Phi) is 5.33. The molecule has 4 rings (SSSR count). The Morgan fingerprint density at radius 2 is 1.97 bits per heavy atom. The largest absolute Gasteiger partial charge is 0.507 e. The van der Waals surface area contributed by atoms with Crippen molar-refractivity contribution in [3.8, 4) is 22.6 Å². The van der Waals surface area contributed by atoms with E-state index < -0.39 is 0 Å². The first-order chi connectivity index (χ1) is 14.0. The molecule has 2 heterocycles. The summed E-state index contributed by atoms with van der Waals surface area (Å²) in [5.41, 5.74) is 3.07. The molecule has 0 aliphatic carbocycles. The summed E-state index contributed by atoms with van der Waals surface area (Å²) in [6, 6.07) is 11.0. The molecule has 152 valence electrons. The van der Waals surface area contributed by atoms with Crippen LogP contribution in [-0.2, 0) is 6.54 Å². The number of likely N-dealkylation sites (tertiary alicyclic amines) is 1. The summed E-state index contributed by atoms with van der Waals surface area (Å²) >= 11 is 0. The van der Waals surface area contributed by atoms with Crippen molar-refractivity contribution in [1.82, 2.24) is 0 Å². The van der Waals surface area contributed by atoms with Crippen LogP contribution in [0.15, 0.2) is 45.6 Å². The molecule has 1 aliphatic rings. The molecule has 0 radical (unpaired) electrons. The topological polar surface area (TPSA) is 64.1 Å². The highest BCUT2D eigenvalue weighted by Crippen LogP contribution is 2.32. The van der Waals surface area contributed by atoms with Crippen molar-refractivity contribution in [2.45, 2.75) is 33.2 Å². The average molecular weight is 394 g/mol. The maximum absolute atomic E-state index is 12.9. The maximum Gasteiger partial charge on any atom is 0.344 e. The molecule has 0 spiro atoms. The van der Waals surface area contributed by atoms with Crippen LogP contribution in [0.4, 0.5) is 0 Å². The highest BCUT2D eigenvalue weighted by molar-refractivity contribution is 5.89. The van der Waals surface area contributed by atoms with E-state index in [0.29, 0.717) is 23.6 Å². The summed E-state index contributed by atoms with van der Waals surface area (Å²) in [5, 5.41) is 11.4. The maximum atomic E-state index is 12.9. The molecule has 2 aromatic carbocycles. The van der Waals surface area contributed by atoms with Gasteiger partial charge in [-0.15, -0.1) is 0 Å². The number of ether oxygens (including phenoxy) is 1. The van der Waals surface area contributed by atoms with Gasteiger partial charge in [0, 0.05) is 11.3 Å². The molecular weight excluding hydrogens is 366 g/mol. The second-order valence-electron chi connectivity index (χ2n) is 8.19. The Bertz CT molecular complexity index is 1080. The average Bonchev–Trinajstić information content (AvgIpc) is 2.71. The van der Waals surface area contributed by atoms with E-state index in [1.165, 1.54) is 17.7 Å². The van der Waals surface area contributed by atoms with E-state index in [9.17, 15) is 9.90 Å². The lowest BCUT2D eigenvalue weighted by Gasteiger charge is -2.28. The van der Waals surface area contributed by atoms with Gasteiger partial charge < -0.3 is 19.2 Å². The number of hydrogen-bond acceptors (Lipinski definition) is 4. The molecule has 5 nitrogen and oxygen atoms in total. The number of methoxy groups -OCH3 is 1. The number of phenolic OH excluding ortho intramolecular Hbond substituents is 1. The van der Waals surface area contributed by atoms with Crippen molar-refractivity contribution < 1.29 is 19.2 Å². The molecule has 1 unspecified atom stereocenters. The third-order valence-electron chi connectivity index (χ3n) is 6.08. The minimum atomic E-state index is -0.381.